The Kier molecular flexibility index (Phi) is 7.22. The number of anilines is 1. The van der Waals surface area contributed by atoms with E-state index in [-0.39, 0.29) is 17.6 Å². The van der Waals surface area contributed by atoms with E-state index in [1.807, 2.05) is 18.2 Å². The lowest BCUT2D eigenvalue weighted by Crippen LogP contribution is -2.37. The maximum absolute atomic E-state index is 12.0. The van der Waals surface area contributed by atoms with Crippen molar-refractivity contribution in [1.82, 2.24) is 5.32 Å². The van der Waals surface area contributed by atoms with Crippen LogP contribution in [0.3, 0.4) is 0 Å². The molecule has 0 aliphatic heterocycles. The number of halogens is 1. The summed E-state index contributed by atoms with van der Waals surface area (Å²) in [7, 11) is 0. The summed E-state index contributed by atoms with van der Waals surface area (Å²) in [5, 5.41) is 6.40. The molecule has 25 heavy (non-hydrogen) atoms. The third-order valence-electron chi connectivity index (χ3n) is 3.80. The monoisotopic (exact) mass is 376 g/mol. The molecule has 0 aliphatic rings. The quantitative estimate of drug-likeness (QED) is 0.714. The molecule has 6 heteroatoms. The highest BCUT2D eigenvalue weighted by molar-refractivity contribution is 7.80. The molecule has 132 valence electrons. The van der Waals surface area contributed by atoms with Crippen LogP contribution in [0.2, 0.25) is 5.02 Å². The van der Waals surface area contributed by atoms with Crippen LogP contribution in [0.1, 0.15) is 31.7 Å². The molecule has 0 spiro atoms. The Morgan fingerprint density at radius 1 is 1.20 bits per heavy atom. The standard InChI is InChI=1S/C19H21ClN2O2S/c1-3-13(2)14-8-4-6-10-16(14)21-19(25)22-18(23)12-24-17-11-7-5-9-15(17)20/h4-11,13H,3,12H2,1-2H3,(H2,21,22,23,25). The lowest BCUT2D eigenvalue weighted by Gasteiger charge is -2.17. The van der Waals surface area contributed by atoms with Crippen LogP contribution in [-0.2, 0) is 4.79 Å². The molecular formula is C19H21ClN2O2S. The first-order chi connectivity index (χ1) is 12.0. The van der Waals surface area contributed by atoms with Crippen molar-refractivity contribution in [3.63, 3.8) is 0 Å². The van der Waals surface area contributed by atoms with Crippen LogP contribution in [0.5, 0.6) is 5.75 Å². The zero-order valence-corrected chi connectivity index (χ0v) is 15.8. The molecule has 4 nitrogen and oxygen atoms in total. The molecule has 2 aromatic carbocycles. The van der Waals surface area contributed by atoms with Crippen molar-refractivity contribution in [3.8, 4) is 5.75 Å². The van der Waals surface area contributed by atoms with Crippen LogP contribution in [0.25, 0.3) is 0 Å². The molecule has 0 bridgehead atoms. The second-order valence-corrected chi connectivity index (χ2v) is 6.43. The average Bonchev–Trinajstić information content (AvgIpc) is 2.60. The Bertz CT molecular complexity index is 752. The van der Waals surface area contributed by atoms with Gasteiger partial charge in [-0.2, -0.15) is 0 Å². The zero-order valence-electron chi connectivity index (χ0n) is 14.2. The lowest BCUT2D eigenvalue weighted by atomic mass is 9.97. The van der Waals surface area contributed by atoms with Gasteiger partial charge in [0.05, 0.1) is 5.02 Å². The Morgan fingerprint density at radius 2 is 1.88 bits per heavy atom. The molecule has 0 heterocycles. The number of hydrogen-bond acceptors (Lipinski definition) is 3. The van der Waals surface area contributed by atoms with Crippen molar-refractivity contribution in [3.05, 3.63) is 59.1 Å². The fourth-order valence-corrected chi connectivity index (χ4v) is 2.70. The normalized spacial score (nSPS) is 11.5. The Morgan fingerprint density at radius 3 is 2.60 bits per heavy atom. The molecule has 2 N–H and O–H groups in total. The topological polar surface area (TPSA) is 50.4 Å². The smallest absolute Gasteiger partial charge is 0.264 e. The predicted molar refractivity (Wildman–Crippen MR) is 106 cm³/mol. The van der Waals surface area contributed by atoms with E-state index in [4.69, 9.17) is 28.6 Å². The SMILES string of the molecule is CCC(C)c1ccccc1NC(=S)NC(=O)COc1ccccc1Cl. The summed E-state index contributed by atoms with van der Waals surface area (Å²) in [4.78, 5) is 12.0. The third-order valence-corrected chi connectivity index (χ3v) is 4.32. The summed E-state index contributed by atoms with van der Waals surface area (Å²) in [6.07, 6.45) is 1.02. The highest BCUT2D eigenvalue weighted by atomic mass is 35.5. The van der Waals surface area contributed by atoms with Gasteiger partial charge in [0.2, 0.25) is 0 Å². The average molecular weight is 377 g/mol. The largest absolute Gasteiger partial charge is 0.482 e. The minimum atomic E-state index is -0.349. The molecule has 2 aromatic rings. The number of nitrogens with one attached hydrogen (secondary N) is 2. The van der Waals surface area contributed by atoms with E-state index in [9.17, 15) is 4.79 Å². The number of rotatable bonds is 6. The van der Waals surface area contributed by atoms with E-state index >= 15 is 0 Å². The van der Waals surface area contributed by atoms with Crippen LogP contribution in [0, 0.1) is 0 Å². The van der Waals surface area contributed by atoms with Crippen molar-refractivity contribution in [2.45, 2.75) is 26.2 Å². The van der Waals surface area contributed by atoms with E-state index < -0.39 is 0 Å². The minimum absolute atomic E-state index is 0.168. The first-order valence-corrected chi connectivity index (χ1v) is 8.87. The number of carbonyl (C=O) groups excluding carboxylic acids is 1. The van der Waals surface area contributed by atoms with E-state index in [0.29, 0.717) is 16.7 Å². The van der Waals surface area contributed by atoms with Crippen LogP contribution < -0.4 is 15.4 Å². The first kappa shape index (κ1) is 19.2. The molecule has 1 unspecified atom stereocenters. The van der Waals surface area contributed by atoms with Crippen molar-refractivity contribution < 1.29 is 9.53 Å². The lowest BCUT2D eigenvalue weighted by molar-refractivity contribution is -0.121. The van der Waals surface area contributed by atoms with Gasteiger partial charge in [0.1, 0.15) is 5.75 Å². The summed E-state index contributed by atoms with van der Waals surface area (Å²) in [5.41, 5.74) is 2.06. The molecule has 0 aromatic heterocycles. The molecule has 0 saturated heterocycles. The van der Waals surface area contributed by atoms with Crippen LogP contribution in [0.4, 0.5) is 5.69 Å². The summed E-state index contributed by atoms with van der Waals surface area (Å²) in [6.45, 7) is 4.12. The van der Waals surface area contributed by atoms with Gasteiger partial charge >= 0.3 is 0 Å². The van der Waals surface area contributed by atoms with Gasteiger partial charge in [0, 0.05) is 5.69 Å². The van der Waals surface area contributed by atoms with Gasteiger partial charge in [-0.3, -0.25) is 10.1 Å². The Balaban J connectivity index is 1.90. The van der Waals surface area contributed by atoms with Crippen LogP contribution in [0.15, 0.2) is 48.5 Å². The molecule has 0 saturated carbocycles. The second-order valence-electron chi connectivity index (χ2n) is 5.62. The minimum Gasteiger partial charge on any atom is -0.482 e. The summed E-state index contributed by atoms with van der Waals surface area (Å²) < 4.78 is 5.40. The van der Waals surface area contributed by atoms with Gasteiger partial charge < -0.3 is 10.1 Å². The van der Waals surface area contributed by atoms with Gasteiger partial charge in [-0.15, -0.1) is 0 Å². The molecule has 0 fully saturated rings. The van der Waals surface area contributed by atoms with Gasteiger partial charge in [0.25, 0.3) is 5.91 Å². The zero-order chi connectivity index (χ0) is 18.2. The summed E-state index contributed by atoms with van der Waals surface area (Å²) >= 11 is 11.2. The Hall–Kier alpha value is -2.11. The van der Waals surface area contributed by atoms with Crippen molar-refractivity contribution in [1.29, 1.82) is 0 Å². The van der Waals surface area contributed by atoms with Gasteiger partial charge in [0.15, 0.2) is 11.7 Å². The van der Waals surface area contributed by atoms with E-state index in [2.05, 4.69) is 30.5 Å². The number of thiocarbonyl (C=S) groups is 1. The molecule has 1 amide bonds. The van der Waals surface area contributed by atoms with Crippen LogP contribution in [-0.4, -0.2) is 17.6 Å². The molecule has 0 aliphatic carbocycles. The number of benzene rings is 2. The number of para-hydroxylation sites is 2. The maximum atomic E-state index is 12.0. The number of carbonyl (C=O) groups is 1. The van der Waals surface area contributed by atoms with Crippen LogP contribution >= 0.6 is 23.8 Å². The maximum Gasteiger partial charge on any atom is 0.264 e. The van der Waals surface area contributed by atoms with Crippen molar-refractivity contribution in [2.75, 3.05) is 11.9 Å². The number of ether oxygens (including phenoxy) is 1. The van der Waals surface area contributed by atoms with Crippen molar-refractivity contribution >= 4 is 40.5 Å². The molecular weight excluding hydrogens is 356 g/mol. The number of hydrogen-bond donors (Lipinski definition) is 2. The fourth-order valence-electron chi connectivity index (χ4n) is 2.28. The summed E-state index contributed by atoms with van der Waals surface area (Å²) in [6, 6.07) is 14.9. The summed E-state index contributed by atoms with van der Waals surface area (Å²) in [5.74, 6) is 0.504. The van der Waals surface area contributed by atoms with Gasteiger partial charge in [-0.1, -0.05) is 55.8 Å². The van der Waals surface area contributed by atoms with E-state index in [1.165, 1.54) is 0 Å². The highest BCUT2D eigenvalue weighted by Gasteiger charge is 2.11. The fraction of sp³-hybridized carbons (Fsp3) is 0.263. The molecule has 0 radical (unpaired) electrons. The third kappa shape index (κ3) is 5.73. The Labute approximate surface area is 158 Å². The number of amides is 1. The highest BCUT2D eigenvalue weighted by Crippen LogP contribution is 2.26. The van der Waals surface area contributed by atoms with Gasteiger partial charge in [-0.25, -0.2) is 0 Å². The first-order valence-electron chi connectivity index (χ1n) is 8.08. The molecule has 2 rings (SSSR count). The van der Waals surface area contributed by atoms with Gasteiger partial charge in [-0.05, 0) is 48.3 Å². The predicted octanol–water partition coefficient (Wildman–Crippen LogP) is 4.75. The van der Waals surface area contributed by atoms with E-state index in [1.54, 1.807) is 24.3 Å². The second kappa shape index (κ2) is 9.39. The molecule has 1 atom stereocenters. The van der Waals surface area contributed by atoms with E-state index in [0.717, 1.165) is 17.7 Å². The van der Waals surface area contributed by atoms with Crippen molar-refractivity contribution in [2.24, 2.45) is 0 Å².